The number of amides is 1. The van der Waals surface area contributed by atoms with Crippen LogP contribution in [-0.4, -0.2) is 24.0 Å². The SMILES string of the molecule is Cc1cccc(N2CCC(C(=O)Nc3ccc(Br)cc3)CC2)n1. The number of aryl methyl sites for hydroxylation is 1. The van der Waals surface area contributed by atoms with Crippen LogP contribution in [-0.2, 0) is 4.79 Å². The number of nitrogens with one attached hydrogen (secondary N) is 1. The summed E-state index contributed by atoms with van der Waals surface area (Å²) in [5.41, 5.74) is 1.87. The lowest BCUT2D eigenvalue weighted by molar-refractivity contribution is -0.120. The van der Waals surface area contributed by atoms with E-state index in [2.05, 4.69) is 31.1 Å². The van der Waals surface area contributed by atoms with Gasteiger partial charge in [-0.25, -0.2) is 4.98 Å². The number of hydrogen-bond acceptors (Lipinski definition) is 3. The van der Waals surface area contributed by atoms with Gasteiger partial charge in [0.15, 0.2) is 0 Å². The second-order valence-corrected chi connectivity index (χ2v) is 6.81. The van der Waals surface area contributed by atoms with Crippen molar-refractivity contribution in [2.24, 2.45) is 5.92 Å². The van der Waals surface area contributed by atoms with Crippen molar-refractivity contribution in [2.45, 2.75) is 19.8 Å². The number of rotatable bonds is 3. The van der Waals surface area contributed by atoms with Crippen LogP contribution in [0.25, 0.3) is 0 Å². The highest BCUT2D eigenvalue weighted by atomic mass is 79.9. The number of hydrogen-bond donors (Lipinski definition) is 1. The molecule has 2 heterocycles. The van der Waals surface area contributed by atoms with Crippen LogP contribution in [0.15, 0.2) is 46.9 Å². The fourth-order valence-electron chi connectivity index (χ4n) is 2.85. The van der Waals surface area contributed by atoms with Crippen LogP contribution in [0.5, 0.6) is 0 Å². The summed E-state index contributed by atoms with van der Waals surface area (Å²) in [6.45, 7) is 3.74. The lowest BCUT2D eigenvalue weighted by Gasteiger charge is -2.32. The fraction of sp³-hybridized carbons (Fsp3) is 0.333. The van der Waals surface area contributed by atoms with Gasteiger partial charge in [0.05, 0.1) is 0 Å². The van der Waals surface area contributed by atoms with Crippen molar-refractivity contribution in [1.82, 2.24) is 4.98 Å². The first-order chi connectivity index (χ1) is 11.1. The standard InChI is InChI=1S/C18H20BrN3O/c1-13-3-2-4-17(20-13)22-11-9-14(10-12-22)18(23)21-16-7-5-15(19)6-8-16/h2-8,14H,9-12H2,1H3,(H,21,23). The molecule has 1 saturated heterocycles. The van der Waals surface area contributed by atoms with Crippen LogP contribution < -0.4 is 10.2 Å². The third-order valence-corrected chi connectivity index (χ3v) is 4.70. The van der Waals surface area contributed by atoms with Crippen LogP contribution in [0.2, 0.25) is 0 Å². The molecule has 0 aliphatic carbocycles. The molecule has 23 heavy (non-hydrogen) atoms. The number of aromatic nitrogens is 1. The smallest absolute Gasteiger partial charge is 0.227 e. The number of carbonyl (C=O) groups excluding carboxylic acids is 1. The molecule has 0 bridgehead atoms. The van der Waals surface area contributed by atoms with E-state index in [1.165, 1.54) is 0 Å². The molecular formula is C18H20BrN3O. The van der Waals surface area contributed by atoms with Gasteiger partial charge in [-0.3, -0.25) is 4.79 Å². The molecule has 0 saturated carbocycles. The molecule has 3 rings (SSSR count). The molecule has 1 aromatic heterocycles. The average Bonchev–Trinajstić information content (AvgIpc) is 2.57. The highest BCUT2D eigenvalue weighted by Crippen LogP contribution is 2.23. The monoisotopic (exact) mass is 373 g/mol. The van der Waals surface area contributed by atoms with Crippen molar-refractivity contribution in [1.29, 1.82) is 0 Å². The molecule has 0 atom stereocenters. The minimum atomic E-state index is 0.0692. The van der Waals surface area contributed by atoms with E-state index in [1.807, 2.05) is 49.4 Å². The lowest BCUT2D eigenvalue weighted by Crippen LogP contribution is -2.38. The molecule has 4 nitrogen and oxygen atoms in total. The Kier molecular flexibility index (Phi) is 4.96. The van der Waals surface area contributed by atoms with Gasteiger partial charge in [0.1, 0.15) is 5.82 Å². The summed E-state index contributed by atoms with van der Waals surface area (Å²) in [4.78, 5) is 19.2. The summed E-state index contributed by atoms with van der Waals surface area (Å²) in [7, 11) is 0. The Morgan fingerprint density at radius 2 is 1.87 bits per heavy atom. The number of nitrogens with zero attached hydrogens (tertiary/aromatic N) is 2. The first kappa shape index (κ1) is 16.0. The first-order valence-electron chi connectivity index (χ1n) is 7.87. The van der Waals surface area contributed by atoms with E-state index in [-0.39, 0.29) is 11.8 Å². The van der Waals surface area contributed by atoms with Crippen LogP contribution in [0.1, 0.15) is 18.5 Å². The Morgan fingerprint density at radius 3 is 2.52 bits per heavy atom. The fourth-order valence-corrected chi connectivity index (χ4v) is 3.12. The van der Waals surface area contributed by atoms with Crippen LogP contribution >= 0.6 is 15.9 Å². The van der Waals surface area contributed by atoms with Gasteiger partial charge < -0.3 is 10.2 Å². The molecule has 1 fully saturated rings. The minimum absolute atomic E-state index is 0.0692. The number of carbonyl (C=O) groups is 1. The van der Waals surface area contributed by atoms with Crippen LogP contribution in [0.4, 0.5) is 11.5 Å². The summed E-state index contributed by atoms with van der Waals surface area (Å²) in [5, 5.41) is 3.01. The third-order valence-electron chi connectivity index (χ3n) is 4.18. The van der Waals surface area contributed by atoms with Crippen molar-refractivity contribution in [3.8, 4) is 0 Å². The van der Waals surface area contributed by atoms with Gasteiger partial charge in [-0.15, -0.1) is 0 Å². The van der Waals surface area contributed by atoms with E-state index in [4.69, 9.17) is 0 Å². The maximum atomic E-state index is 12.4. The molecule has 1 amide bonds. The van der Waals surface area contributed by atoms with Gasteiger partial charge >= 0.3 is 0 Å². The first-order valence-corrected chi connectivity index (χ1v) is 8.66. The Balaban J connectivity index is 1.56. The Labute approximate surface area is 145 Å². The second-order valence-electron chi connectivity index (χ2n) is 5.89. The van der Waals surface area contributed by atoms with E-state index < -0.39 is 0 Å². The second kappa shape index (κ2) is 7.13. The molecule has 0 unspecified atom stereocenters. The molecule has 1 aromatic carbocycles. The number of halogens is 1. The number of anilines is 2. The van der Waals surface area contributed by atoms with Crippen molar-refractivity contribution in [2.75, 3.05) is 23.3 Å². The topological polar surface area (TPSA) is 45.2 Å². The molecule has 1 aliphatic rings. The minimum Gasteiger partial charge on any atom is -0.357 e. The zero-order valence-electron chi connectivity index (χ0n) is 13.1. The van der Waals surface area contributed by atoms with E-state index in [0.717, 1.165) is 47.6 Å². The van der Waals surface area contributed by atoms with Crippen molar-refractivity contribution in [3.63, 3.8) is 0 Å². The van der Waals surface area contributed by atoms with E-state index in [0.29, 0.717) is 0 Å². The molecule has 0 spiro atoms. The Morgan fingerprint density at radius 1 is 1.17 bits per heavy atom. The molecule has 1 N–H and O–H groups in total. The molecule has 2 aromatic rings. The zero-order valence-corrected chi connectivity index (χ0v) is 14.7. The molecule has 0 radical (unpaired) electrons. The average molecular weight is 374 g/mol. The largest absolute Gasteiger partial charge is 0.357 e. The highest BCUT2D eigenvalue weighted by molar-refractivity contribution is 9.10. The molecule has 1 aliphatic heterocycles. The Hall–Kier alpha value is -1.88. The normalized spacial score (nSPS) is 15.5. The van der Waals surface area contributed by atoms with E-state index >= 15 is 0 Å². The van der Waals surface area contributed by atoms with Gasteiger partial charge in [-0.05, 0) is 56.2 Å². The summed E-state index contributed by atoms with van der Waals surface area (Å²) in [6.07, 6.45) is 1.72. The molecule has 5 heteroatoms. The summed E-state index contributed by atoms with van der Waals surface area (Å²) >= 11 is 3.40. The number of benzene rings is 1. The van der Waals surface area contributed by atoms with Gasteiger partial charge in [-0.1, -0.05) is 22.0 Å². The van der Waals surface area contributed by atoms with Crippen molar-refractivity contribution in [3.05, 3.63) is 52.6 Å². The Bertz CT molecular complexity index is 679. The lowest BCUT2D eigenvalue weighted by atomic mass is 9.95. The molecule has 120 valence electrons. The highest BCUT2D eigenvalue weighted by Gasteiger charge is 2.25. The van der Waals surface area contributed by atoms with Gasteiger partial charge in [0.25, 0.3) is 0 Å². The summed E-state index contributed by atoms with van der Waals surface area (Å²) < 4.78 is 1.01. The quantitative estimate of drug-likeness (QED) is 0.883. The summed E-state index contributed by atoms with van der Waals surface area (Å²) in [6, 6.07) is 13.8. The van der Waals surface area contributed by atoms with Gasteiger partial charge in [-0.2, -0.15) is 0 Å². The van der Waals surface area contributed by atoms with Crippen LogP contribution in [0.3, 0.4) is 0 Å². The summed E-state index contributed by atoms with van der Waals surface area (Å²) in [5.74, 6) is 1.20. The van der Waals surface area contributed by atoms with Crippen LogP contribution in [0, 0.1) is 12.8 Å². The predicted octanol–water partition coefficient (Wildman–Crippen LogP) is 4.01. The van der Waals surface area contributed by atoms with E-state index in [9.17, 15) is 4.79 Å². The zero-order chi connectivity index (χ0) is 16.2. The number of pyridine rings is 1. The molecular weight excluding hydrogens is 354 g/mol. The predicted molar refractivity (Wildman–Crippen MR) is 96.7 cm³/mol. The van der Waals surface area contributed by atoms with Crippen molar-refractivity contribution < 1.29 is 4.79 Å². The van der Waals surface area contributed by atoms with Gasteiger partial charge in [0, 0.05) is 34.9 Å². The van der Waals surface area contributed by atoms with E-state index in [1.54, 1.807) is 0 Å². The number of piperidine rings is 1. The third kappa shape index (κ3) is 4.10. The maximum Gasteiger partial charge on any atom is 0.227 e. The van der Waals surface area contributed by atoms with Gasteiger partial charge in [0.2, 0.25) is 5.91 Å². The van der Waals surface area contributed by atoms with Crippen molar-refractivity contribution >= 4 is 33.3 Å². The maximum absolute atomic E-state index is 12.4.